The molecule has 8 nitrogen and oxygen atoms in total. The van der Waals surface area contributed by atoms with E-state index in [2.05, 4.69) is 14.7 Å². The lowest BCUT2D eigenvalue weighted by Gasteiger charge is -2.12. The minimum Gasteiger partial charge on any atom is -0.456 e. The van der Waals surface area contributed by atoms with E-state index in [0.29, 0.717) is 11.6 Å². The average molecular weight is 353 g/mol. The van der Waals surface area contributed by atoms with E-state index in [4.69, 9.17) is 4.74 Å². The number of hydrogen-bond donors (Lipinski definition) is 0. The van der Waals surface area contributed by atoms with Gasteiger partial charge in [0.25, 0.3) is 5.91 Å². The second-order valence-electron chi connectivity index (χ2n) is 5.18. The van der Waals surface area contributed by atoms with Gasteiger partial charge in [0.15, 0.2) is 11.8 Å². The van der Waals surface area contributed by atoms with Crippen molar-refractivity contribution in [2.24, 2.45) is 0 Å². The van der Waals surface area contributed by atoms with Crippen molar-refractivity contribution in [3.63, 3.8) is 0 Å². The predicted molar refractivity (Wildman–Crippen MR) is 85.6 cm³/mol. The van der Waals surface area contributed by atoms with Crippen LogP contribution in [0.5, 0.6) is 0 Å². The Morgan fingerprint density at radius 3 is 2.50 bits per heavy atom. The highest BCUT2D eigenvalue weighted by Gasteiger charge is 2.28. The van der Waals surface area contributed by atoms with Gasteiger partial charge in [-0.05, 0) is 32.1 Å². The minimum atomic E-state index is -0.701. The fourth-order valence-electron chi connectivity index (χ4n) is 2.30. The van der Waals surface area contributed by atoms with Crippen LogP contribution in [-0.2, 0) is 25.5 Å². The third-order valence-electron chi connectivity index (χ3n) is 3.58. The molecule has 0 aromatic carbocycles. The molecule has 0 radical (unpaired) electrons. The number of esters is 1. The molecule has 1 aliphatic rings. The summed E-state index contributed by atoms with van der Waals surface area (Å²) < 4.78 is 9.58. The summed E-state index contributed by atoms with van der Waals surface area (Å²) in [6, 6.07) is 0. The van der Waals surface area contributed by atoms with E-state index in [1.165, 1.54) is 11.8 Å². The number of nitrogens with zero attached hydrogens (tertiary/aromatic N) is 3. The molecule has 0 atom stereocenters. The van der Waals surface area contributed by atoms with Crippen LogP contribution in [0.4, 0.5) is 4.79 Å². The molecular weight excluding hydrogens is 334 g/mol. The van der Waals surface area contributed by atoms with Crippen LogP contribution in [-0.4, -0.2) is 58.9 Å². The molecule has 9 heteroatoms. The third kappa shape index (κ3) is 4.44. The van der Waals surface area contributed by atoms with E-state index >= 15 is 0 Å². The van der Waals surface area contributed by atoms with Crippen molar-refractivity contribution in [1.82, 2.24) is 14.9 Å². The number of rotatable bonds is 6. The number of amides is 2. The molecule has 1 aromatic heterocycles. The maximum atomic E-state index is 11.8. The van der Waals surface area contributed by atoms with E-state index in [1.54, 1.807) is 0 Å². The summed E-state index contributed by atoms with van der Waals surface area (Å²) in [5, 5.41) is 0.694. The summed E-state index contributed by atoms with van der Waals surface area (Å²) >= 11 is 1.46. The molecule has 130 valence electrons. The monoisotopic (exact) mass is 353 g/mol. The van der Waals surface area contributed by atoms with Crippen LogP contribution < -0.4 is 0 Å². The molecule has 2 rings (SSSR count). The lowest BCUT2D eigenvalue weighted by Crippen LogP contribution is -2.35. The molecule has 1 aliphatic heterocycles. The summed E-state index contributed by atoms with van der Waals surface area (Å²) in [6.45, 7) is 3.64. The zero-order valence-corrected chi connectivity index (χ0v) is 14.6. The summed E-state index contributed by atoms with van der Waals surface area (Å²) in [5.41, 5.74) is 2.56. The fraction of sp³-hybridized carbons (Fsp3) is 0.533. The van der Waals surface area contributed by atoms with E-state index in [0.717, 1.165) is 21.9 Å². The maximum Gasteiger partial charge on any atom is 0.416 e. The molecule has 0 aliphatic carbocycles. The molecule has 0 spiro atoms. The van der Waals surface area contributed by atoms with Gasteiger partial charge in [-0.2, -0.15) is 0 Å². The lowest BCUT2D eigenvalue weighted by molar-refractivity contribution is -0.150. The van der Waals surface area contributed by atoms with Gasteiger partial charge < -0.3 is 9.47 Å². The second-order valence-corrected chi connectivity index (χ2v) is 5.95. The van der Waals surface area contributed by atoms with Gasteiger partial charge in [0.1, 0.15) is 6.61 Å². The number of ether oxygens (including phenoxy) is 2. The Morgan fingerprint density at radius 2 is 1.96 bits per heavy atom. The molecule has 0 N–H and O–H groups in total. The van der Waals surface area contributed by atoms with Crippen LogP contribution in [0.25, 0.3) is 0 Å². The number of thioether (sulfide) groups is 1. The molecule has 0 unspecified atom stereocenters. The summed E-state index contributed by atoms with van der Waals surface area (Å²) in [7, 11) is 0. The maximum absolute atomic E-state index is 11.8. The fourth-order valence-corrected chi connectivity index (χ4v) is 2.76. The van der Waals surface area contributed by atoms with Crippen LogP contribution in [0.3, 0.4) is 0 Å². The average Bonchev–Trinajstić information content (AvgIpc) is 2.97. The Morgan fingerprint density at radius 1 is 1.29 bits per heavy atom. The highest BCUT2D eigenvalue weighted by Crippen LogP contribution is 2.17. The van der Waals surface area contributed by atoms with E-state index < -0.39 is 24.6 Å². The van der Waals surface area contributed by atoms with Gasteiger partial charge in [-0.3, -0.25) is 9.59 Å². The molecule has 24 heavy (non-hydrogen) atoms. The smallest absolute Gasteiger partial charge is 0.416 e. The zero-order valence-electron chi connectivity index (χ0n) is 13.8. The summed E-state index contributed by atoms with van der Waals surface area (Å²) in [5.74, 6) is -1.09. The molecule has 1 saturated heterocycles. The standard InChI is InChI=1S/C15H19N3O5S/c1-9-11(10(2)17-14(16-9)24-3)4-5-13(20)23-8-12(19)18-6-7-22-15(18)21/h4-8H2,1-3H3. The molecule has 2 heterocycles. The first-order valence-corrected chi connectivity index (χ1v) is 8.65. The summed E-state index contributed by atoms with van der Waals surface area (Å²) in [4.78, 5) is 44.4. The Hall–Kier alpha value is -2.16. The SMILES string of the molecule is CSc1nc(C)c(CCC(=O)OCC(=O)N2CCOC2=O)c(C)n1. The van der Waals surface area contributed by atoms with Crippen molar-refractivity contribution in [3.05, 3.63) is 17.0 Å². The van der Waals surface area contributed by atoms with Gasteiger partial charge in [0, 0.05) is 17.8 Å². The second kappa shape index (κ2) is 8.09. The first-order chi connectivity index (χ1) is 11.4. The van der Waals surface area contributed by atoms with E-state index in [-0.39, 0.29) is 19.6 Å². The van der Waals surface area contributed by atoms with Crippen molar-refractivity contribution in [1.29, 1.82) is 0 Å². The Kier molecular flexibility index (Phi) is 6.13. The molecule has 0 saturated carbocycles. The van der Waals surface area contributed by atoms with Gasteiger partial charge in [0.05, 0.1) is 6.54 Å². The van der Waals surface area contributed by atoms with Gasteiger partial charge in [-0.25, -0.2) is 19.7 Å². The van der Waals surface area contributed by atoms with Crippen molar-refractivity contribution in [2.75, 3.05) is 26.0 Å². The lowest BCUT2D eigenvalue weighted by atomic mass is 10.1. The quantitative estimate of drug-likeness (QED) is 0.428. The van der Waals surface area contributed by atoms with E-state index in [9.17, 15) is 14.4 Å². The number of carbonyl (C=O) groups is 3. The topological polar surface area (TPSA) is 98.7 Å². The third-order valence-corrected chi connectivity index (χ3v) is 4.13. The number of hydrogen-bond acceptors (Lipinski definition) is 8. The number of cyclic esters (lactones) is 1. The molecule has 0 bridgehead atoms. The van der Waals surface area contributed by atoms with Crippen LogP contribution in [0.2, 0.25) is 0 Å². The van der Waals surface area contributed by atoms with Crippen molar-refractivity contribution >= 4 is 29.7 Å². The predicted octanol–water partition coefficient (Wildman–Crippen LogP) is 1.27. The first kappa shape index (κ1) is 18.2. The Labute approximate surface area is 143 Å². The van der Waals surface area contributed by atoms with Gasteiger partial charge in [0.2, 0.25) is 0 Å². The molecule has 1 fully saturated rings. The number of aryl methyl sites for hydroxylation is 2. The van der Waals surface area contributed by atoms with Crippen LogP contribution in [0.15, 0.2) is 5.16 Å². The van der Waals surface area contributed by atoms with Crippen LogP contribution in [0, 0.1) is 13.8 Å². The summed E-state index contributed by atoms with van der Waals surface area (Å²) in [6.07, 6.45) is 1.75. The molecule has 1 aromatic rings. The van der Waals surface area contributed by atoms with Gasteiger partial charge in [-0.1, -0.05) is 11.8 Å². The van der Waals surface area contributed by atoms with Gasteiger partial charge in [-0.15, -0.1) is 0 Å². The molecule has 2 amide bonds. The van der Waals surface area contributed by atoms with Crippen LogP contribution in [0.1, 0.15) is 23.4 Å². The normalized spacial score (nSPS) is 13.8. The highest BCUT2D eigenvalue weighted by molar-refractivity contribution is 7.98. The Balaban J connectivity index is 1.83. The molecular formula is C15H19N3O5S. The van der Waals surface area contributed by atoms with Gasteiger partial charge >= 0.3 is 12.1 Å². The minimum absolute atomic E-state index is 0.112. The number of aromatic nitrogens is 2. The van der Waals surface area contributed by atoms with Crippen LogP contribution >= 0.6 is 11.8 Å². The first-order valence-electron chi connectivity index (χ1n) is 7.43. The zero-order chi connectivity index (χ0) is 17.7. The van der Waals surface area contributed by atoms with E-state index in [1.807, 2.05) is 20.1 Å². The highest BCUT2D eigenvalue weighted by atomic mass is 32.2. The largest absolute Gasteiger partial charge is 0.456 e. The van der Waals surface area contributed by atoms with Crippen molar-refractivity contribution in [3.8, 4) is 0 Å². The van der Waals surface area contributed by atoms with Crippen molar-refractivity contribution in [2.45, 2.75) is 31.8 Å². The number of imide groups is 1. The van der Waals surface area contributed by atoms with Crippen molar-refractivity contribution < 1.29 is 23.9 Å². The Bertz CT molecular complexity index is 642. The number of carbonyl (C=O) groups excluding carboxylic acids is 3.